The number of hydrogen-bond acceptors (Lipinski definition) is 4. The molecule has 4 nitrogen and oxygen atoms in total. The molecule has 0 aromatic rings. The van der Waals surface area contributed by atoms with Crippen molar-refractivity contribution in [2.75, 3.05) is 6.61 Å². The highest BCUT2D eigenvalue weighted by atomic mass is 19.1. The maximum absolute atomic E-state index is 13.1. The van der Waals surface area contributed by atoms with E-state index in [-0.39, 0.29) is 25.2 Å². The number of ketones is 2. The zero-order chi connectivity index (χ0) is 12.3. The van der Waals surface area contributed by atoms with Crippen LogP contribution >= 0.6 is 0 Å². The standard InChI is InChI=1S/C11H15FO4/c1-3-16-10(15)9(14)4-8(13)7-5-11(2,12)6-7/h7H,3-6H2,1-2H3. The van der Waals surface area contributed by atoms with E-state index in [1.165, 1.54) is 6.92 Å². The Labute approximate surface area is 93.1 Å². The van der Waals surface area contributed by atoms with Crippen molar-refractivity contribution >= 4 is 17.5 Å². The first-order valence-corrected chi connectivity index (χ1v) is 5.27. The summed E-state index contributed by atoms with van der Waals surface area (Å²) >= 11 is 0. The van der Waals surface area contributed by atoms with E-state index in [4.69, 9.17) is 0 Å². The van der Waals surface area contributed by atoms with Crippen LogP contribution in [0.3, 0.4) is 0 Å². The molecule has 0 aromatic carbocycles. The summed E-state index contributed by atoms with van der Waals surface area (Å²) in [6.07, 6.45) is -0.191. The molecule has 0 unspecified atom stereocenters. The molecular weight excluding hydrogens is 215 g/mol. The second kappa shape index (κ2) is 4.72. The van der Waals surface area contributed by atoms with Crippen molar-refractivity contribution in [3.63, 3.8) is 0 Å². The number of esters is 1. The molecule has 0 radical (unpaired) electrons. The SMILES string of the molecule is CCOC(=O)C(=O)CC(=O)C1CC(C)(F)C1. The minimum atomic E-state index is -1.30. The van der Waals surface area contributed by atoms with Gasteiger partial charge in [0.15, 0.2) is 0 Å². The van der Waals surface area contributed by atoms with E-state index < -0.39 is 29.8 Å². The maximum Gasteiger partial charge on any atom is 0.375 e. The van der Waals surface area contributed by atoms with Gasteiger partial charge in [0, 0.05) is 5.92 Å². The van der Waals surface area contributed by atoms with Crippen molar-refractivity contribution in [1.82, 2.24) is 0 Å². The molecule has 0 atom stereocenters. The topological polar surface area (TPSA) is 60.4 Å². The number of alkyl halides is 1. The predicted octanol–water partition coefficient (Wildman–Crippen LogP) is 1.22. The molecular formula is C11H15FO4. The first-order chi connectivity index (χ1) is 7.35. The number of ether oxygens (including phenoxy) is 1. The van der Waals surface area contributed by atoms with Crippen LogP contribution in [-0.4, -0.2) is 29.8 Å². The molecule has 1 fully saturated rings. The summed E-state index contributed by atoms with van der Waals surface area (Å²) in [6, 6.07) is 0. The molecule has 0 heterocycles. The van der Waals surface area contributed by atoms with Crippen LogP contribution in [0.2, 0.25) is 0 Å². The Morgan fingerprint density at radius 3 is 2.38 bits per heavy atom. The predicted molar refractivity (Wildman–Crippen MR) is 53.5 cm³/mol. The van der Waals surface area contributed by atoms with E-state index in [1.807, 2.05) is 0 Å². The molecule has 0 amide bonds. The molecule has 5 heteroatoms. The van der Waals surface area contributed by atoms with E-state index >= 15 is 0 Å². The highest BCUT2D eigenvalue weighted by molar-refractivity contribution is 6.37. The first kappa shape index (κ1) is 12.8. The van der Waals surface area contributed by atoms with Gasteiger partial charge in [-0.05, 0) is 26.7 Å². The lowest BCUT2D eigenvalue weighted by atomic mass is 9.70. The molecule has 90 valence electrons. The van der Waals surface area contributed by atoms with Gasteiger partial charge in [-0.2, -0.15) is 0 Å². The normalized spacial score (nSPS) is 28.1. The third-order valence-electron chi connectivity index (χ3n) is 2.64. The first-order valence-electron chi connectivity index (χ1n) is 5.27. The number of halogens is 1. The summed E-state index contributed by atoms with van der Waals surface area (Å²) in [4.78, 5) is 33.5. The van der Waals surface area contributed by atoms with Crippen LogP contribution in [0.15, 0.2) is 0 Å². The van der Waals surface area contributed by atoms with Crippen LogP contribution in [0.5, 0.6) is 0 Å². The summed E-state index contributed by atoms with van der Waals surface area (Å²) in [6.45, 7) is 3.10. The Morgan fingerprint density at radius 1 is 1.38 bits per heavy atom. The average Bonchev–Trinajstić information content (AvgIpc) is 2.14. The lowest BCUT2D eigenvalue weighted by molar-refractivity contribution is -0.155. The van der Waals surface area contributed by atoms with E-state index in [1.54, 1.807) is 6.92 Å². The van der Waals surface area contributed by atoms with Gasteiger partial charge >= 0.3 is 5.97 Å². The fourth-order valence-electron chi connectivity index (χ4n) is 1.78. The number of carbonyl (C=O) groups is 3. The fourth-order valence-corrected chi connectivity index (χ4v) is 1.78. The zero-order valence-corrected chi connectivity index (χ0v) is 9.42. The Kier molecular flexibility index (Phi) is 3.78. The number of Topliss-reactive ketones (excluding diaryl/α,β-unsaturated/α-hetero) is 2. The van der Waals surface area contributed by atoms with Gasteiger partial charge in [0.2, 0.25) is 5.78 Å². The molecule has 0 aromatic heterocycles. The molecule has 1 aliphatic rings. The van der Waals surface area contributed by atoms with Crippen molar-refractivity contribution < 1.29 is 23.5 Å². The Morgan fingerprint density at radius 2 is 1.94 bits per heavy atom. The quantitative estimate of drug-likeness (QED) is 0.404. The van der Waals surface area contributed by atoms with E-state index in [0.29, 0.717) is 0 Å². The molecule has 0 aliphatic heterocycles. The van der Waals surface area contributed by atoms with Crippen molar-refractivity contribution in [2.24, 2.45) is 5.92 Å². The van der Waals surface area contributed by atoms with Crippen LogP contribution in [0.1, 0.15) is 33.1 Å². The van der Waals surface area contributed by atoms with Crippen LogP contribution < -0.4 is 0 Å². The lowest BCUT2D eigenvalue weighted by Gasteiger charge is -2.37. The largest absolute Gasteiger partial charge is 0.460 e. The highest BCUT2D eigenvalue weighted by Crippen LogP contribution is 2.41. The molecule has 16 heavy (non-hydrogen) atoms. The Bertz CT molecular complexity index is 314. The number of rotatable bonds is 5. The second-order valence-corrected chi connectivity index (χ2v) is 4.31. The second-order valence-electron chi connectivity index (χ2n) is 4.31. The lowest BCUT2D eigenvalue weighted by Crippen LogP contribution is -2.42. The van der Waals surface area contributed by atoms with E-state index in [9.17, 15) is 18.8 Å². The summed E-state index contributed by atoms with van der Waals surface area (Å²) in [5, 5.41) is 0. The zero-order valence-electron chi connectivity index (χ0n) is 9.42. The van der Waals surface area contributed by atoms with Crippen LogP contribution in [0, 0.1) is 5.92 Å². The Hall–Kier alpha value is -1.26. The van der Waals surface area contributed by atoms with Gasteiger partial charge in [0.1, 0.15) is 11.5 Å². The number of hydrogen-bond donors (Lipinski definition) is 0. The van der Waals surface area contributed by atoms with Crippen LogP contribution in [0.4, 0.5) is 4.39 Å². The van der Waals surface area contributed by atoms with Crippen molar-refractivity contribution in [2.45, 2.75) is 38.8 Å². The molecule has 0 N–H and O–H groups in total. The minimum Gasteiger partial charge on any atom is -0.460 e. The van der Waals surface area contributed by atoms with E-state index in [2.05, 4.69) is 4.74 Å². The van der Waals surface area contributed by atoms with Gasteiger partial charge in [-0.1, -0.05) is 0 Å². The fraction of sp³-hybridized carbons (Fsp3) is 0.727. The minimum absolute atomic E-state index is 0.102. The van der Waals surface area contributed by atoms with Crippen LogP contribution in [0.25, 0.3) is 0 Å². The van der Waals surface area contributed by atoms with Gasteiger partial charge in [-0.25, -0.2) is 9.18 Å². The van der Waals surface area contributed by atoms with Crippen LogP contribution in [-0.2, 0) is 19.1 Å². The van der Waals surface area contributed by atoms with Gasteiger partial charge in [0.05, 0.1) is 13.0 Å². The Balaban J connectivity index is 2.36. The molecule has 0 saturated heterocycles. The van der Waals surface area contributed by atoms with Crippen molar-refractivity contribution in [3.8, 4) is 0 Å². The maximum atomic E-state index is 13.1. The summed E-state index contributed by atoms with van der Waals surface area (Å²) in [7, 11) is 0. The summed E-state index contributed by atoms with van der Waals surface area (Å²) < 4.78 is 17.6. The average molecular weight is 230 g/mol. The monoisotopic (exact) mass is 230 g/mol. The van der Waals surface area contributed by atoms with Gasteiger partial charge in [0.25, 0.3) is 0 Å². The van der Waals surface area contributed by atoms with Crippen molar-refractivity contribution in [3.05, 3.63) is 0 Å². The van der Waals surface area contributed by atoms with Gasteiger partial charge in [-0.3, -0.25) is 9.59 Å². The van der Waals surface area contributed by atoms with Gasteiger partial charge in [-0.15, -0.1) is 0 Å². The van der Waals surface area contributed by atoms with E-state index in [0.717, 1.165) is 0 Å². The smallest absolute Gasteiger partial charge is 0.375 e. The number of carbonyl (C=O) groups excluding carboxylic acids is 3. The summed E-state index contributed by atoms with van der Waals surface area (Å²) in [5.74, 6) is -2.63. The third-order valence-corrected chi connectivity index (χ3v) is 2.64. The third kappa shape index (κ3) is 3.12. The molecule has 1 saturated carbocycles. The highest BCUT2D eigenvalue weighted by Gasteiger charge is 2.44. The molecule has 1 aliphatic carbocycles. The van der Waals surface area contributed by atoms with Gasteiger partial charge < -0.3 is 4.74 Å². The molecule has 0 spiro atoms. The summed E-state index contributed by atoms with van der Waals surface area (Å²) in [5.41, 5.74) is -1.30. The molecule has 1 rings (SSSR count). The van der Waals surface area contributed by atoms with Crippen molar-refractivity contribution in [1.29, 1.82) is 0 Å². The molecule has 0 bridgehead atoms.